The van der Waals surface area contributed by atoms with Gasteiger partial charge >= 0.3 is 0 Å². The van der Waals surface area contributed by atoms with Crippen molar-refractivity contribution in [1.29, 1.82) is 0 Å². The lowest BCUT2D eigenvalue weighted by Gasteiger charge is -2.16. The van der Waals surface area contributed by atoms with E-state index >= 15 is 0 Å². The molecule has 5 nitrogen and oxygen atoms in total. The Morgan fingerprint density at radius 3 is 2.90 bits per heavy atom. The minimum Gasteiger partial charge on any atom is -0.396 e. The van der Waals surface area contributed by atoms with Crippen LogP contribution >= 0.6 is 0 Å². The maximum absolute atomic E-state index is 12.1. The molecule has 112 valence electrons. The second kappa shape index (κ2) is 5.50. The molecule has 0 saturated heterocycles. The fourth-order valence-electron chi connectivity index (χ4n) is 2.60. The zero-order valence-corrected chi connectivity index (χ0v) is 11.9. The van der Waals surface area contributed by atoms with Crippen LogP contribution in [0.15, 0.2) is 30.5 Å². The first kappa shape index (κ1) is 14.1. The van der Waals surface area contributed by atoms with Gasteiger partial charge in [0.1, 0.15) is 0 Å². The molecule has 1 fully saturated rings. The normalized spacial score (nSPS) is 17.6. The van der Waals surface area contributed by atoms with Crippen LogP contribution in [0.1, 0.15) is 18.4 Å². The number of aliphatic hydroxyl groups excluding tert-OH is 1. The third-order valence-corrected chi connectivity index (χ3v) is 4.38. The van der Waals surface area contributed by atoms with Gasteiger partial charge in [0.25, 0.3) is 0 Å². The number of H-pyrrole nitrogens is 1. The molecule has 0 unspecified atom stereocenters. The molecule has 1 aromatic carbocycles. The molecule has 1 aliphatic carbocycles. The van der Waals surface area contributed by atoms with Crippen molar-refractivity contribution in [3.8, 4) is 0 Å². The molecule has 0 radical (unpaired) electrons. The Bertz CT molecular complexity index is 646. The lowest BCUT2D eigenvalue weighted by Crippen LogP contribution is -2.44. The smallest absolute Gasteiger partial charge is 0.237 e. The van der Waals surface area contributed by atoms with E-state index in [1.165, 1.54) is 0 Å². The Morgan fingerprint density at radius 2 is 2.19 bits per heavy atom. The van der Waals surface area contributed by atoms with Crippen molar-refractivity contribution in [3.63, 3.8) is 0 Å². The number of aromatic nitrogens is 1. The van der Waals surface area contributed by atoms with Crippen LogP contribution in [0.2, 0.25) is 0 Å². The summed E-state index contributed by atoms with van der Waals surface area (Å²) in [6, 6.07) is 7.40. The topological polar surface area (TPSA) is 91.1 Å². The van der Waals surface area contributed by atoms with Gasteiger partial charge in [-0.05, 0) is 30.9 Å². The van der Waals surface area contributed by atoms with E-state index in [1.54, 1.807) is 0 Å². The van der Waals surface area contributed by atoms with E-state index in [0.717, 1.165) is 29.3 Å². The summed E-state index contributed by atoms with van der Waals surface area (Å²) < 4.78 is 0. The number of benzene rings is 1. The second-order valence-electron chi connectivity index (χ2n) is 6.05. The van der Waals surface area contributed by atoms with Crippen LogP contribution < -0.4 is 11.1 Å². The van der Waals surface area contributed by atoms with Crippen molar-refractivity contribution >= 4 is 16.8 Å². The molecule has 3 rings (SSSR count). The van der Waals surface area contributed by atoms with Crippen LogP contribution in [0.3, 0.4) is 0 Å². The Kier molecular flexibility index (Phi) is 3.69. The Morgan fingerprint density at radius 1 is 1.43 bits per heavy atom. The molecule has 0 bridgehead atoms. The molecule has 1 aromatic heterocycles. The summed E-state index contributed by atoms with van der Waals surface area (Å²) >= 11 is 0. The maximum Gasteiger partial charge on any atom is 0.237 e. The number of carbonyl (C=O) groups excluding carboxylic acids is 1. The molecular formula is C16H21N3O2. The summed E-state index contributed by atoms with van der Waals surface area (Å²) in [6.07, 6.45) is 4.36. The molecule has 0 spiro atoms. The van der Waals surface area contributed by atoms with Crippen LogP contribution in [-0.4, -0.2) is 35.2 Å². The van der Waals surface area contributed by atoms with E-state index in [2.05, 4.69) is 10.3 Å². The van der Waals surface area contributed by atoms with Gasteiger partial charge in [-0.1, -0.05) is 18.2 Å². The van der Waals surface area contributed by atoms with Gasteiger partial charge in [0, 0.05) is 29.1 Å². The summed E-state index contributed by atoms with van der Waals surface area (Å²) in [7, 11) is 0. The van der Waals surface area contributed by atoms with E-state index < -0.39 is 6.04 Å². The van der Waals surface area contributed by atoms with Crippen molar-refractivity contribution in [3.05, 3.63) is 36.0 Å². The minimum absolute atomic E-state index is 0.0871. The maximum atomic E-state index is 12.1. The van der Waals surface area contributed by atoms with Gasteiger partial charge in [0.2, 0.25) is 5.91 Å². The number of aliphatic hydroxyl groups is 1. The summed E-state index contributed by atoms with van der Waals surface area (Å²) in [5.41, 5.74) is 8.02. The highest BCUT2D eigenvalue weighted by Gasteiger charge is 2.42. The number of amides is 1. The highest BCUT2D eigenvalue weighted by Crippen LogP contribution is 2.44. The minimum atomic E-state index is -0.571. The summed E-state index contributed by atoms with van der Waals surface area (Å²) in [6.45, 7) is 0.648. The molecule has 1 atom stereocenters. The van der Waals surface area contributed by atoms with E-state index in [-0.39, 0.29) is 17.9 Å². The first-order valence-electron chi connectivity index (χ1n) is 7.33. The Balaban J connectivity index is 1.60. The molecule has 5 heteroatoms. The summed E-state index contributed by atoms with van der Waals surface area (Å²) in [4.78, 5) is 15.3. The van der Waals surface area contributed by atoms with Crippen molar-refractivity contribution in [1.82, 2.24) is 10.3 Å². The Hall–Kier alpha value is -1.85. The standard InChI is InChI=1S/C16H21N3O2/c17-13(15(21)19-9-16(10-20)5-6-16)7-11-8-18-14-4-2-1-3-12(11)14/h1-4,8,13,18,20H,5-7,9-10,17H2,(H,19,21)/t13-/m0/s1. The van der Waals surface area contributed by atoms with Gasteiger partial charge in [-0.15, -0.1) is 0 Å². The third kappa shape index (κ3) is 2.94. The van der Waals surface area contributed by atoms with Crippen LogP contribution in [0.5, 0.6) is 0 Å². The number of para-hydroxylation sites is 1. The van der Waals surface area contributed by atoms with Gasteiger partial charge in [-0.2, -0.15) is 0 Å². The lowest BCUT2D eigenvalue weighted by atomic mass is 10.0. The van der Waals surface area contributed by atoms with Crippen LogP contribution in [-0.2, 0) is 11.2 Å². The largest absolute Gasteiger partial charge is 0.396 e. The quantitative estimate of drug-likeness (QED) is 0.637. The van der Waals surface area contributed by atoms with E-state index in [4.69, 9.17) is 5.73 Å². The number of rotatable bonds is 6. The number of aromatic amines is 1. The summed E-state index contributed by atoms with van der Waals surface area (Å²) in [5.74, 6) is -0.153. The van der Waals surface area contributed by atoms with Gasteiger partial charge in [0.05, 0.1) is 12.6 Å². The third-order valence-electron chi connectivity index (χ3n) is 4.38. The average molecular weight is 287 g/mol. The monoisotopic (exact) mass is 287 g/mol. The van der Waals surface area contributed by atoms with Crippen molar-refractivity contribution in [2.75, 3.05) is 13.2 Å². The molecule has 0 aliphatic heterocycles. The lowest BCUT2D eigenvalue weighted by molar-refractivity contribution is -0.122. The van der Waals surface area contributed by atoms with Crippen molar-refractivity contribution < 1.29 is 9.90 Å². The number of hydrogen-bond acceptors (Lipinski definition) is 3. The average Bonchev–Trinajstić information content (AvgIpc) is 3.20. The SMILES string of the molecule is N[C@@H](Cc1c[nH]c2ccccc12)C(=O)NCC1(CO)CC1. The second-order valence-corrected chi connectivity index (χ2v) is 6.05. The van der Waals surface area contributed by atoms with Crippen LogP contribution in [0.4, 0.5) is 0 Å². The summed E-state index contributed by atoms with van der Waals surface area (Å²) in [5, 5.41) is 13.2. The number of nitrogens with two attached hydrogens (primary N) is 1. The Labute approximate surface area is 123 Å². The van der Waals surface area contributed by atoms with Crippen molar-refractivity contribution in [2.45, 2.75) is 25.3 Å². The van der Waals surface area contributed by atoms with Gasteiger partial charge in [-0.25, -0.2) is 0 Å². The highest BCUT2D eigenvalue weighted by atomic mass is 16.3. The predicted molar refractivity (Wildman–Crippen MR) is 81.7 cm³/mol. The van der Waals surface area contributed by atoms with Crippen LogP contribution in [0.25, 0.3) is 10.9 Å². The van der Waals surface area contributed by atoms with Gasteiger partial charge < -0.3 is 21.1 Å². The molecule has 5 N–H and O–H groups in total. The fourth-order valence-corrected chi connectivity index (χ4v) is 2.60. The molecule has 1 aliphatic rings. The number of fused-ring (bicyclic) bond motifs is 1. The predicted octanol–water partition coefficient (Wildman–Crippen LogP) is 0.926. The first-order valence-corrected chi connectivity index (χ1v) is 7.33. The first-order chi connectivity index (χ1) is 10.1. The fraction of sp³-hybridized carbons (Fsp3) is 0.438. The molecular weight excluding hydrogens is 266 g/mol. The van der Waals surface area contributed by atoms with Gasteiger partial charge in [-0.3, -0.25) is 4.79 Å². The zero-order chi connectivity index (χ0) is 14.9. The molecule has 1 heterocycles. The van der Waals surface area contributed by atoms with E-state index in [0.29, 0.717) is 13.0 Å². The molecule has 2 aromatic rings. The van der Waals surface area contributed by atoms with Crippen LogP contribution in [0, 0.1) is 5.41 Å². The number of carbonyl (C=O) groups is 1. The molecule has 1 amide bonds. The van der Waals surface area contributed by atoms with E-state index in [9.17, 15) is 9.90 Å². The zero-order valence-electron chi connectivity index (χ0n) is 11.9. The van der Waals surface area contributed by atoms with E-state index in [1.807, 2.05) is 30.5 Å². The number of hydrogen-bond donors (Lipinski definition) is 4. The number of nitrogens with one attached hydrogen (secondary N) is 2. The molecule has 21 heavy (non-hydrogen) atoms. The van der Waals surface area contributed by atoms with Gasteiger partial charge in [0.15, 0.2) is 0 Å². The van der Waals surface area contributed by atoms with Crippen molar-refractivity contribution in [2.24, 2.45) is 11.1 Å². The highest BCUT2D eigenvalue weighted by molar-refractivity contribution is 5.86. The molecule has 1 saturated carbocycles.